The quantitative estimate of drug-likeness (QED) is 0.460. The molecule has 4 aromatic rings. The summed E-state index contributed by atoms with van der Waals surface area (Å²) in [4.78, 5) is 34.2. The summed E-state index contributed by atoms with van der Waals surface area (Å²) in [7, 11) is 0. The maximum absolute atomic E-state index is 13.1. The van der Waals surface area contributed by atoms with Gasteiger partial charge in [0.05, 0.1) is 22.8 Å². The third-order valence-corrected chi connectivity index (χ3v) is 6.06. The van der Waals surface area contributed by atoms with Gasteiger partial charge >= 0.3 is 0 Å². The molecule has 4 rings (SSSR count). The largest absolute Gasteiger partial charge is 0.351 e. The number of thiazole rings is 1. The molecule has 0 fully saturated rings. The Labute approximate surface area is 184 Å². The van der Waals surface area contributed by atoms with E-state index in [0.717, 1.165) is 15.4 Å². The average molecular weight is 457 g/mol. The Bertz CT molecular complexity index is 1240. The average Bonchev–Trinajstić information content (AvgIpc) is 3.47. The molecule has 2 amide bonds. The number of amides is 2. The van der Waals surface area contributed by atoms with Gasteiger partial charge in [0.1, 0.15) is 11.6 Å². The van der Waals surface area contributed by atoms with Crippen LogP contribution in [-0.2, 0) is 11.3 Å². The number of rotatable bonds is 6. The monoisotopic (exact) mass is 456 g/mol. The zero-order valence-electron chi connectivity index (χ0n) is 16.5. The number of hydrogen-bond acceptors (Lipinski definition) is 7. The van der Waals surface area contributed by atoms with Crippen molar-refractivity contribution in [1.82, 2.24) is 25.1 Å². The van der Waals surface area contributed by atoms with Crippen molar-refractivity contribution >= 4 is 39.6 Å². The van der Waals surface area contributed by atoms with Gasteiger partial charge in [-0.2, -0.15) is 0 Å². The van der Waals surface area contributed by atoms with Gasteiger partial charge in [0.25, 0.3) is 5.91 Å². The van der Waals surface area contributed by atoms with Crippen molar-refractivity contribution in [2.24, 2.45) is 0 Å². The first-order chi connectivity index (χ1) is 14.9. The van der Waals surface area contributed by atoms with E-state index in [9.17, 15) is 14.0 Å². The topological polar surface area (TPSA) is 102 Å². The van der Waals surface area contributed by atoms with E-state index in [0.29, 0.717) is 23.2 Å². The Morgan fingerprint density at radius 2 is 1.90 bits per heavy atom. The van der Waals surface area contributed by atoms with Gasteiger partial charge in [-0.25, -0.2) is 19.0 Å². The summed E-state index contributed by atoms with van der Waals surface area (Å²) in [5, 5.41) is 12.0. The fourth-order valence-electron chi connectivity index (χ4n) is 2.73. The molecule has 0 spiro atoms. The first-order valence-electron chi connectivity index (χ1n) is 9.19. The normalized spacial score (nSPS) is 10.8. The predicted molar refractivity (Wildman–Crippen MR) is 117 cm³/mol. The molecule has 0 aliphatic heterocycles. The van der Waals surface area contributed by atoms with Crippen LogP contribution in [0.2, 0.25) is 0 Å². The Kier molecular flexibility index (Phi) is 5.87. The zero-order chi connectivity index (χ0) is 22.0. The number of halogens is 1. The Morgan fingerprint density at radius 1 is 1.13 bits per heavy atom. The van der Waals surface area contributed by atoms with Crippen LogP contribution < -0.4 is 10.6 Å². The second-order valence-corrected chi connectivity index (χ2v) is 8.56. The van der Waals surface area contributed by atoms with E-state index < -0.39 is 5.91 Å². The fourth-order valence-corrected chi connectivity index (χ4v) is 4.42. The Hall–Kier alpha value is -3.44. The lowest BCUT2D eigenvalue weighted by Crippen LogP contribution is -2.17. The summed E-state index contributed by atoms with van der Waals surface area (Å²) in [6.45, 7) is 3.66. The number of nitrogens with one attached hydrogen (secondary N) is 2. The molecule has 0 atom stereocenters. The fraction of sp³-hybridized carbons (Fsp3) is 0.150. The minimum atomic E-state index is -0.484. The van der Waals surface area contributed by atoms with E-state index in [1.165, 1.54) is 46.4 Å². The molecule has 31 heavy (non-hydrogen) atoms. The van der Waals surface area contributed by atoms with E-state index in [2.05, 4.69) is 25.7 Å². The van der Waals surface area contributed by atoms with Gasteiger partial charge in [-0.3, -0.25) is 14.9 Å². The zero-order valence-corrected chi connectivity index (χ0v) is 18.2. The highest BCUT2D eigenvalue weighted by Gasteiger charge is 2.17. The van der Waals surface area contributed by atoms with E-state index in [-0.39, 0.29) is 17.5 Å². The molecule has 0 saturated heterocycles. The van der Waals surface area contributed by atoms with Crippen molar-refractivity contribution in [2.75, 3.05) is 5.32 Å². The smallest absolute Gasteiger partial charge is 0.297 e. The second-order valence-electron chi connectivity index (χ2n) is 6.54. The highest BCUT2D eigenvalue weighted by molar-refractivity contribution is 7.17. The van der Waals surface area contributed by atoms with Crippen LogP contribution in [0.3, 0.4) is 0 Å². The van der Waals surface area contributed by atoms with E-state index in [4.69, 9.17) is 0 Å². The van der Waals surface area contributed by atoms with Crippen LogP contribution in [0.5, 0.6) is 0 Å². The summed E-state index contributed by atoms with van der Waals surface area (Å²) in [6, 6.07) is 9.62. The Balaban J connectivity index is 1.45. The lowest BCUT2D eigenvalue weighted by molar-refractivity contribution is -0.119. The van der Waals surface area contributed by atoms with E-state index in [1.54, 1.807) is 19.1 Å². The van der Waals surface area contributed by atoms with Crippen LogP contribution in [0.1, 0.15) is 28.2 Å². The highest BCUT2D eigenvalue weighted by Crippen LogP contribution is 2.31. The number of nitrogens with zero attached hydrogens (tertiary/aromatic N) is 4. The highest BCUT2D eigenvalue weighted by atomic mass is 32.1. The van der Waals surface area contributed by atoms with Crippen molar-refractivity contribution in [2.45, 2.75) is 20.4 Å². The number of benzene rings is 1. The van der Waals surface area contributed by atoms with Gasteiger partial charge in [0, 0.05) is 17.2 Å². The van der Waals surface area contributed by atoms with Crippen LogP contribution in [0.4, 0.5) is 9.52 Å². The molecular formula is C20H17FN6O2S2. The van der Waals surface area contributed by atoms with Crippen LogP contribution in [0, 0.1) is 12.7 Å². The molecule has 11 heteroatoms. The minimum absolute atomic E-state index is 0.00714. The summed E-state index contributed by atoms with van der Waals surface area (Å²) >= 11 is 2.82. The number of hydrogen-bond donors (Lipinski definition) is 2. The number of aromatic nitrogens is 4. The second kappa shape index (κ2) is 8.74. The third kappa shape index (κ3) is 4.84. The molecule has 158 valence electrons. The predicted octanol–water partition coefficient (Wildman–Crippen LogP) is 3.79. The molecule has 1 aromatic carbocycles. The molecule has 3 aromatic heterocycles. The van der Waals surface area contributed by atoms with Crippen molar-refractivity contribution in [3.05, 3.63) is 64.1 Å². The van der Waals surface area contributed by atoms with Crippen LogP contribution >= 0.6 is 22.7 Å². The molecule has 0 saturated carbocycles. The number of carbonyl (C=O) groups is 2. The maximum atomic E-state index is 13.1. The van der Waals surface area contributed by atoms with Crippen LogP contribution in [-0.4, -0.2) is 31.6 Å². The third-order valence-electron chi connectivity index (χ3n) is 4.19. The van der Waals surface area contributed by atoms with Gasteiger partial charge in [-0.05, 0) is 43.3 Å². The standard InChI is InChI=1S/C20H17FN6O2S2/c1-11-23-18(26-27(11)14-5-3-13(21)4-6-14)19(29)25-20-24-16(10-30-20)17-8-7-15(31-17)9-22-12(2)28/h3-8,10H,9H2,1-2H3,(H,22,28)(H,24,25,29). The SMILES string of the molecule is CC(=O)NCc1ccc(-c2csc(NC(=O)c3nc(C)n(-c4ccc(F)cc4)n3)n2)s1. The number of carbonyl (C=O) groups excluding carboxylic acids is 2. The molecule has 0 unspecified atom stereocenters. The molecule has 0 aliphatic rings. The summed E-state index contributed by atoms with van der Waals surface area (Å²) in [5.41, 5.74) is 1.34. The van der Waals surface area contributed by atoms with Gasteiger partial charge in [0.15, 0.2) is 5.13 Å². The lowest BCUT2D eigenvalue weighted by Gasteiger charge is -2.01. The minimum Gasteiger partial charge on any atom is -0.351 e. The van der Waals surface area contributed by atoms with Gasteiger partial charge < -0.3 is 5.32 Å². The summed E-state index contributed by atoms with van der Waals surface area (Å²) in [6.07, 6.45) is 0. The van der Waals surface area contributed by atoms with E-state index >= 15 is 0 Å². The first kappa shape index (κ1) is 20.8. The van der Waals surface area contributed by atoms with Gasteiger partial charge in [-0.15, -0.1) is 27.8 Å². The van der Waals surface area contributed by atoms with Crippen LogP contribution in [0.25, 0.3) is 16.3 Å². The van der Waals surface area contributed by atoms with Gasteiger partial charge in [0.2, 0.25) is 11.7 Å². The Morgan fingerprint density at radius 3 is 2.65 bits per heavy atom. The molecular weight excluding hydrogens is 439 g/mol. The van der Waals surface area contributed by atoms with E-state index in [1.807, 2.05) is 17.5 Å². The molecule has 3 heterocycles. The van der Waals surface area contributed by atoms with Gasteiger partial charge in [-0.1, -0.05) is 0 Å². The van der Waals surface area contributed by atoms with Crippen molar-refractivity contribution in [1.29, 1.82) is 0 Å². The molecule has 0 radical (unpaired) electrons. The van der Waals surface area contributed by atoms with Crippen molar-refractivity contribution in [3.63, 3.8) is 0 Å². The number of anilines is 1. The summed E-state index contributed by atoms with van der Waals surface area (Å²) in [5.74, 6) is -0.428. The maximum Gasteiger partial charge on any atom is 0.297 e. The molecule has 8 nitrogen and oxygen atoms in total. The summed E-state index contributed by atoms with van der Waals surface area (Å²) < 4.78 is 14.6. The molecule has 0 bridgehead atoms. The van der Waals surface area contributed by atoms with Crippen LogP contribution in [0.15, 0.2) is 41.8 Å². The number of aryl methyl sites for hydroxylation is 1. The molecule has 2 N–H and O–H groups in total. The first-order valence-corrected chi connectivity index (χ1v) is 10.9. The number of thiophene rings is 1. The van der Waals surface area contributed by atoms with Crippen molar-refractivity contribution < 1.29 is 14.0 Å². The van der Waals surface area contributed by atoms with Crippen molar-refractivity contribution in [3.8, 4) is 16.3 Å². The molecule has 0 aliphatic carbocycles. The lowest BCUT2D eigenvalue weighted by atomic mass is 10.3.